The van der Waals surface area contributed by atoms with E-state index in [0.717, 1.165) is 5.69 Å². The van der Waals surface area contributed by atoms with E-state index >= 15 is 0 Å². The molecule has 3 heteroatoms. The Balaban J connectivity index is 2.21. The summed E-state index contributed by atoms with van der Waals surface area (Å²) in [5.74, 6) is 0. The lowest BCUT2D eigenvalue weighted by Gasteiger charge is -2.08. The molecular weight excluding hydrogens is 258 g/mol. The molecule has 1 aromatic carbocycles. The highest BCUT2D eigenvalue weighted by Crippen LogP contribution is 2.14. The van der Waals surface area contributed by atoms with Crippen LogP contribution in [0.4, 0.5) is 0 Å². The van der Waals surface area contributed by atoms with Crippen LogP contribution < -0.4 is 9.13 Å². The summed E-state index contributed by atoms with van der Waals surface area (Å²) in [6.45, 7) is 6.37. The zero-order valence-corrected chi connectivity index (χ0v) is 12.6. The normalized spacial score (nSPS) is 10.6. The van der Waals surface area contributed by atoms with Gasteiger partial charge >= 0.3 is 0 Å². The molecule has 3 nitrogen and oxygen atoms in total. The third kappa shape index (κ3) is 2.42. The molecule has 0 atom stereocenters. The zero-order valence-electron chi connectivity index (χ0n) is 12.6. The van der Waals surface area contributed by atoms with Gasteiger partial charge in [0.2, 0.25) is 5.69 Å². The van der Waals surface area contributed by atoms with Gasteiger partial charge < -0.3 is 0 Å². The van der Waals surface area contributed by atoms with E-state index in [-0.39, 0.29) is 0 Å². The summed E-state index contributed by atoms with van der Waals surface area (Å²) >= 11 is 0. The fourth-order valence-corrected chi connectivity index (χ4v) is 2.61. The Hall–Kier alpha value is -2.55. The molecule has 0 amide bonds. The molecule has 21 heavy (non-hydrogen) atoms. The molecule has 0 aliphatic heterocycles. The second-order valence-electron chi connectivity index (χ2n) is 5.22. The maximum Gasteiger partial charge on any atom is 0.291 e. The second kappa shape index (κ2) is 5.44. The molecule has 0 aliphatic rings. The van der Waals surface area contributed by atoms with Crippen LogP contribution in [0, 0.1) is 20.8 Å². The van der Waals surface area contributed by atoms with Crippen molar-refractivity contribution < 1.29 is 9.13 Å². The van der Waals surface area contributed by atoms with E-state index in [1.807, 2.05) is 18.6 Å². The van der Waals surface area contributed by atoms with Crippen molar-refractivity contribution in [3.05, 3.63) is 78.1 Å². The van der Waals surface area contributed by atoms with Gasteiger partial charge in [0.05, 0.1) is 5.56 Å². The van der Waals surface area contributed by atoms with Crippen LogP contribution in [0.15, 0.2) is 61.2 Å². The molecule has 3 rings (SSSR count). The summed E-state index contributed by atoms with van der Waals surface area (Å²) in [5.41, 5.74) is 5.97. The van der Waals surface area contributed by atoms with Crippen molar-refractivity contribution in [2.45, 2.75) is 20.8 Å². The number of hydrogen-bond donors (Lipinski definition) is 0. The van der Waals surface area contributed by atoms with Gasteiger partial charge in [-0.15, -0.1) is 0 Å². The lowest BCUT2D eigenvalue weighted by Crippen LogP contribution is -2.39. The van der Waals surface area contributed by atoms with Gasteiger partial charge in [-0.3, -0.25) is 0 Å². The highest BCUT2D eigenvalue weighted by molar-refractivity contribution is 5.44. The topological polar surface area (TPSA) is 20.6 Å². The fraction of sp³-hybridized carbons (Fsp3) is 0.167. The van der Waals surface area contributed by atoms with Crippen molar-refractivity contribution >= 4 is 0 Å². The molecule has 0 N–H and O–H groups in total. The average molecular weight is 277 g/mol. The zero-order chi connectivity index (χ0) is 14.8. The van der Waals surface area contributed by atoms with Crippen LogP contribution in [0.2, 0.25) is 0 Å². The standard InChI is InChI=1S/C18H19N3/c1-14-7-4-5-12-20(14)17-8-6-9-18(16(17)3)21-13-19-11-10-15(21)2/h4-13H,1-3H3/q+2. The Morgan fingerprint density at radius 1 is 0.762 bits per heavy atom. The monoisotopic (exact) mass is 277 g/mol. The summed E-state index contributed by atoms with van der Waals surface area (Å²) in [6.07, 6.45) is 5.79. The van der Waals surface area contributed by atoms with Gasteiger partial charge in [0, 0.05) is 31.2 Å². The first-order valence-corrected chi connectivity index (χ1v) is 7.08. The van der Waals surface area contributed by atoms with Gasteiger partial charge in [-0.1, -0.05) is 17.1 Å². The van der Waals surface area contributed by atoms with Crippen LogP contribution in [0.25, 0.3) is 11.4 Å². The predicted molar refractivity (Wildman–Crippen MR) is 81.5 cm³/mol. The number of rotatable bonds is 2. The molecule has 0 saturated heterocycles. The summed E-state index contributed by atoms with van der Waals surface area (Å²) in [5, 5.41) is 0. The highest BCUT2D eigenvalue weighted by atomic mass is 15.0. The lowest BCUT2D eigenvalue weighted by atomic mass is 10.1. The fourth-order valence-electron chi connectivity index (χ4n) is 2.61. The molecule has 0 unspecified atom stereocenters. The second-order valence-corrected chi connectivity index (χ2v) is 5.22. The first kappa shape index (κ1) is 13.4. The molecule has 0 spiro atoms. The van der Waals surface area contributed by atoms with Crippen molar-refractivity contribution in [2.24, 2.45) is 0 Å². The largest absolute Gasteiger partial charge is 0.291 e. The maximum absolute atomic E-state index is 4.24. The van der Waals surface area contributed by atoms with Gasteiger partial charge in [0.1, 0.15) is 17.6 Å². The van der Waals surface area contributed by atoms with Crippen LogP contribution >= 0.6 is 0 Å². The summed E-state index contributed by atoms with van der Waals surface area (Å²) in [6, 6.07) is 14.6. The number of nitrogens with zero attached hydrogens (tertiary/aromatic N) is 3. The molecule has 0 aliphatic carbocycles. The van der Waals surface area contributed by atoms with E-state index in [4.69, 9.17) is 0 Å². The molecule has 2 aromatic heterocycles. The Morgan fingerprint density at radius 3 is 2.19 bits per heavy atom. The van der Waals surface area contributed by atoms with Crippen molar-refractivity contribution in [2.75, 3.05) is 0 Å². The van der Waals surface area contributed by atoms with Crippen molar-refractivity contribution in [1.29, 1.82) is 0 Å². The van der Waals surface area contributed by atoms with E-state index in [2.05, 4.69) is 77.5 Å². The van der Waals surface area contributed by atoms with E-state index in [1.54, 1.807) is 0 Å². The lowest BCUT2D eigenvalue weighted by molar-refractivity contribution is -0.613. The Labute approximate surface area is 125 Å². The van der Waals surface area contributed by atoms with Crippen LogP contribution in [0.1, 0.15) is 17.0 Å². The molecule has 0 radical (unpaired) electrons. The number of aromatic nitrogens is 3. The quantitative estimate of drug-likeness (QED) is 0.659. The van der Waals surface area contributed by atoms with Crippen LogP contribution in [-0.4, -0.2) is 4.98 Å². The van der Waals surface area contributed by atoms with Gasteiger partial charge in [0.25, 0.3) is 6.33 Å². The molecule has 104 valence electrons. The Kier molecular flexibility index (Phi) is 3.48. The SMILES string of the molecule is Cc1c(-[n+]2ccccc2C)cccc1-[n+]1cnccc1C. The van der Waals surface area contributed by atoms with Gasteiger partial charge in [-0.05, 0) is 19.9 Å². The Morgan fingerprint density at radius 2 is 1.48 bits per heavy atom. The molecule has 2 heterocycles. The van der Waals surface area contributed by atoms with Gasteiger partial charge in [-0.25, -0.2) is 0 Å². The smallest absolute Gasteiger partial charge is 0.200 e. The number of pyridine rings is 1. The van der Waals surface area contributed by atoms with Crippen molar-refractivity contribution in [1.82, 2.24) is 4.98 Å². The minimum absolute atomic E-state index is 1.16. The molecule has 3 aromatic rings. The van der Waals surface area contributed by atoms with Crippen LogP contribution in [0.3, 0.4) is 0 Å². The predicted octanol–water partition coefficient (Wildman–Crippen LogP) is 2.56. The first-order valence-electron chi connectivity index (χ1n) is 7.08. The number of benzene rings is 1. The summed E-state index contributed by atoms with van der Waals surface area (Å²) in [4.78, 5) is 4.24. The first-order chi connectivity index (χ1) is 10.2. The number of aryl methyl sites for hydroxylation is 2. The minimum atomic E-state index is 1.16. The van der Waals surface area contributed by atoms with E-state index in [9.17, 15) is 0 Å². The van der Waals surface area contributed by atoms with Crippen molar-refractivity contribution in [3.8, 4) is 11.4 Å². The highest BCUT2D eigenvalue weighted by Gasteiger charge is 2.18. The van der Waals surface area contributed by atoms with Gasteiger partial charge in [-0.2, -0.15) is 9.13 Å². The van der Waals surface area contributed by atoms with Crippen LogP contribution in [0.5, 0.6) is 0 Å². The van der Waals surface area contributed by atoms with E-state index < -0.39 is 0 Å². The third-order valence-corrected chi connectivity index (χ3v) is 3.82. The van der Waals surface area contributed by atoms with E-state index in [1.165, 1.54) is 22.6 Å². The Bertz CT molecular complexity index is 730. The van der Waals surface area contributed by atoms with Gasteiger partial charge in [0.15, 0.2) is 11.9 Å². The molecule has 0 bridgehead atoms. The van der Waals surface area contributed by atoms with E-state index in [0.29, 0.717) is 0 Å². The average Bonchev–Trinajstić information content (AvgIpc) is 2.49. The minimum Gasteiger partial charge on any atom is -0.200 e. The summed E-state index contributed by atoms with van der Waals surface area (Å²) < 4.78 is 4.34. The summed E-state index contributed by atoms with van der Waals surface area (Å²) in [7, 11) is 0. The third-order valence-electron chi connectivity index (χ3n) is 3.82. The molecular formula is C18H19N3+2. The number of hydrogen-bond acceptors (Lipinski definition) is 1. The van der Waals surface area contributed by atoms with Crippen molar-refractivity contribution in [3.63, 3.8) is 0 Å². The molecule has 0 saturated carbocycles. The maximum atomic E-state index is 4.24. The molecule has 0 fully saturated rings. The van der Waals surface area contributed by atoms with Crippen LogP contribution in [-0.2, 0) is 0 Å².